The molecule has 0 spiro atoms. The first-order valence-electron chi connectivity index (χ1n) is 10.4. The van der Waals surface area contributed by atoms with Crippen LogP contribution in [0.15, 0.2) is 65.6 Å². The summed E-state index contributed by atoms with van der Waals surface area (Å²) in [5.41, 5.74) is 1.51. The van der Waals surface area contributed by atoms with Gasteiger partial charge in [0.2, 0.25) is 5.91 Å². The van der Waals surface area contributed by atoms with Gasteiger partial charge in [0, 0.05) is 28.6 Å². The van der Waals surface area contributed by atoms with E-state index in [4.69, 9.17) is 34.8 Å². The van der Waals surface area contributed by atoms with Crippen LogP contribution in [0.1, 0.15) is 11.1 Å². The van der Waals surface area contributed by atoms with Crippen molar-refractivity contribution in [2.24, 2.45) is 0 Å². The Balaban J connectivity index is 1.68. The summed E-state index contributed by atoms with van der Waals surface area (Å²) in [7, 11) is -4.07. The predicted octanol–water partition coefficient (Wildman–Crippen LogP) is 6.34. The fraction of sp³-hybridized carbons (Fsp3) is 0.208. The van der Waals surface area contributed by atoms with E-state index in [1.54, 1.807) is 18.2 Å². The molecule has 0 aliphatic carbocycles. The van der Waals surface area contributed by atoms with E-state index in [1.807, 2.05) is 6.92 Å². The van der Waals surface area contributed by atoms with E-state index >= 15 is 0 Å². The lowest BCUT2D eigenvalue weighted by atomic mass is 10.2. The molecule has 0 heterocycles. The Morgan fingerprint density at radius 2 is 1.71 bits per heavy atom. The second-order valence-electron chi connectivity index (χ2n) is 7.53. The van der Waals surface area contributed by atoms with Gasteiger partial charge < -0.3 is 5.32 Å². The third-order valence-corrected chi connectivity index (χ3v) is 8.83. The van der Waals surface area contributed by atoms with Gasteiger partial charge in [-0.25, -0.2) is 12.8 Å². The van der Waals surface area contributed by atoms with Gasteiger partial charge in [-0.15, -0.1) is 0 Å². The molecule has 0 unspecified atom stereocenters. The fourth-order valence-electron chi connectivity index (χ4n) is 3.09. The number of amides is 1. The van der Waals surface area contributed by atoms with E-state index in [0.717, 1.165) is 9.87 Å². The van der Waals surface area contributed by atoms with Gasteiger partial charge >= 0.3 is 0 Å². The number of carbonyl (C=O) groups is 1. The Labute approximate surface area is 223 Å². The number of carbonyl (C=O) groups excluding carboxylic acids is 1. The van der Waals surface area contributed by atoms with Gasteiger partial charge in [-0.3, -0.25) is 9.10 Å². The van der Waals surface area contributed by atoms with Crippen LogP contribution in [-0.2, 0) is 20.6 Å². The quantitative estimate of drug-likeness (QED) is 0.287. The molecule has 3 aromatic rings. The van der Waals surface area contributed by atoms with Gasteiger partial charge in [-0.1, -0.05) is 58.6 Å². The van der Waals surface area contributed by atoms with Crippen molar-refractivity contribution in [2.45, 2.75) is 17.6 Å². The molecule has 3 aromatic carbocycles. The molecule has 0 saturated carbocycles. The van der Waals surface area contributed by atoms with E-state index < -0.39 is 22.5 Å². The molecule has 186 valence electrons. The summed E-state index contributed by atoms with van der Waals surface area (Å²) >= 11 is 19.5. The van der Waals surface area contributed by atoms with Crippen molar-refractivity contribution < 1.29 is 17.6 Å². The molecule has 0 atom stereocenters. The van der Waals surface area contributed by atoms with Crippen LogP contribution < -0.4 is 9.62 Å². The van der Waals surface area contributed by atoms with Crippen LogP contribution in [0.25, 0.3) is 0 Å². The SMILES string of the molecule is Cc1ccc(S(=O)(=O)N(CC(=O)NCCSCc2c(F)cccc2Cl)c2ccc(Cl)c(Cl)c2)cc1. The molecule has 0 saturated heterocycles. The van der Waals surface area contributed by atoms with Gasteiger partial charge in [0.25, 0.3) is 10.0 Å². The molecular formula is C24H22Cl3FN2O3S2. The smallest absolute Gasteiger partial charge is 0.264 e. The highest BCUT2D eigenvalue weighted by Crippen LogP contribution is 2.30. The van der Waals surface area contributed by atoms with E-state index in [-0.39, 0.29) is 33.0 Å². The summed E-state index contributed by atoms with van der Waals surface area (Å²) in [5, 5.41) is 3.48. The number of nitrogens with one attached hydrogen (secondary N) is 1. The number of sulfonamides is 1. The third kappa shape index (κ3) is 7.27. The number of aryl methyl sites for hydroxylation is 1. The van der Waals surface area contributed by atoms with Crippen LogP contribution >= 0.6 is 46.6 Å². The lowest BCUT2D eigenvalue weighted by Gasteiger charge is -2.24. The summed E-state index contributed by atoms with van der Waals surface area (Å²) in [5.74, 6) is -0.0594. The minimum atomic E-state index is -4.07. The first kappa shape index (κ1) is 27.6. The van der Waals surface area contributed by atoms with Gasteiger partial charge in [-0.05, 0) is 49.4 Å². The number of benzene rings is 3. The zero-order valence-corrected chi connectivity index (χ0v) is 22.5. The van der Waals surface area contributed by atoms with Crippen molar-refractivity contribution in [3.05, 3.63) is 92.7 Å². The number of hydrogen-bond donors (Lipinski definition) is 1. The van der Waals surface area contributed by atoms with Crippen LogP contribution in [0.2, 0.25) is 15.1 Å². The number of anilines is 1. The zero-order chi connectivity index (χ0) is 25.6. The van der Waals surface area contributed by atoms with Gasteiger partial charge in [-0.2, -0.15) is 11.8 Å². The molecule has 35 heavy (non-hydrogen) atoms. The normalized spacial score (nSPS) is 11.3. The zero-order valence-electron chi connectivity index (χ0n) is 18.6. The predicted molar refractivity (Wildman–Crippen MR) is 143 cm³/mol. The Bertz CT molecular complexity index is 1290. The minimum Gasteiger partial charge on any atom is -0.354 e. The lowest BCUT2D eigenvalue weighted by Crippen LogP contribution is -2.41. The molecule has 0 fully saturated rings. The monoisotopic (exact) mass is 574 g/mol. The summed E-state index contributed by atoms with van der Waals surface area (Å²) in [6, 6.07) is 15.2. The number of halogens is 4. The molecule has 0 aliphatic heterocycles. The minimum absolute atomic E-state index is 0.0410. The van der Waals surface area contributed by atoms with Gasteiger partial charge in [0.15, 0.2) is 0 Å². The maximum absolute atomic E-state index is 13.9. The van der Waals surface area contributed by atoms with Gasteiger partial charge in [0.05, 0.1) is 20.6 Å². The second-order valence-corrected chi connectivity index (χ2v) is 11.7. The highest BCUT2D eigenvalue weighted by molar-refractivity contribution is 7.98. The van der Waals surface area contributed by atoms with Crippen molar-refractivity contribution >= 4 is 68.2 Å². The van der Waals surface area contributed by atoms with Crippen LogP contribution in [0.4, 0.5) is 10.1 Å². The standard InChI is InChI=1S/C24H22Cl3FN2O3S2/c1-16-5-8-18(9-6-16)35(32,33)30(17-7-10-21(26)22(27)13-17)14-24(31)29-11-12-34-15-19-20(25)3-2-4-23(19)28/h2-10,13H,11-12,14-15H2,1H3,(H,29,31). The highest BCUT2D eigenvalue weighted by atomic mass is 35.5. The summed E-state index contributed by atoms with van der Waals surface area (Å²) in [6.07, 6.45) is 0. The molecule has 3 rings (SSSR count). The summed E-state index contributed by atoms with van der Waals surface area (Å²) < 4.78 is 41.6. The van der Waals surface area contributed by atoms with Crippen molar-refractivity contribution in [1.29, 1.82) is 0 Å². The Kier molecular flexibility index (Phi) is 9.72. The Hall–Kier alpha value is -1.97. The fourth-order valence-corrected chi connectivity index (χ4v) is 5.99. The van der Waals surface area contributed by atoms with Crippen molar-refractivity contribution in [2.75, 3.05) is 23.1 Å². The van der Waals surface area contributed by atoms with Crippen LogP contribution in [0.3, 0.4) is 0 Å². The van der Waals surface area contributed by atoms with Crippen molar-refractivity contribution in [1.82, 2.24) is 5.32 Å². The Morgan fingerprint density at radius 3 is 2.37 bits per heavy atom. The maximum atomic E-state index is 13.9. The summed E-state index contributed by atoms with van der Waals surface area (Å²) in [6.45, 7) is 1.64. The second kappa shape index (κ2) is 12.3. The van der Waals surface area contributed by atoms with Crippen molar-refractivity contribution in [3.8, 4) is 0 Å². The van der Waals surface area contributed by atoms with E-state index in [0.29, 0.717) is 22.1 Å². The van der Waals surface area contributed by atoms with E-state index in [9.17, 15) is 17.6 Å². The average molecular weight is 576 g/mol. The van der Waals surface area contributed by atoms with Crippen LogP contribution in [0, 0.1) is 12.7 Å². The molecule has 11 heteroatoms. The highest BCUT2D eigenvalue weighted by Gasteiger charge is 2.27. The molecular weight excluding hydrogens is 554 g/mol. The molecule has 0 aliphatic rings. The lowest BCUT2D eigenvalue weighted by molar-refractivity contribution is -0.119. The molecule has 0 bridgehead atoms. The topological polar surface area (TPSA) is 66.5 Å². The Morgan fingerprint density at radius 1 is 1.00 bits per heavy atom. The number of thioether (sulfide) groups is 1. The van der Waals surface area contributed by atoms with E-state index in [1.165, 1.54) is 54.2 Å². The largest absolute Gasteiger partial charge is 0.354 e. The summed E-state index contributed by atoms with van der Waals surface area (Å²) in [4.78, 5) is 12.7. The molecule has 5 nitrogen and oxygen atoms in total. The van der Waals surface area contributed by atoms with Crippen LogP contribution in [0.5, 0.6) is 0 Å². The van der Waals surface area contributed by atoms with Gasteiger partial charge in [0.1, 0.15) is 12.4 Å². The van der Waals surface area contributed by atoms with Crippen molar-refractivity contribution in [3.63, 3.8) is 0 Å². The van der Waals surface area contributed by atoms with Crippen LogP contribution in [-0.4, -0.2) is 33.2 Å². The first-order valence-corrected chi connectivity index (χ1v) is 14.1. The number of nitrogens with zero attached hydrogens (tertiary/aromatic N) is 1. The molecule has 1 amide bonds. The van der Waals surface area contributed by atoms with E-state index in [2.05, 4.69) is 5.32 Å². The maximum Gasteiger partial charge on any atom is 0.264 e. The third-order valence-electron chi connectivity index (χ3n) is 4.96. The average Bonchev–Trinajstić information content (AvgIpc) is 2.81. The number of rotatable bonds is 10. The molecule has 0 radical (unpaired) electrons. The molecule has 1 N–H and O–H groups in total. The number of hydrogen-bond acceptors (Lipinski definition) is 4. The first-order chi connectivity index (χ1) is 16.6. The molecule has 0 aromatic heterocycles.